The normalized spacial score (nSPS) is 20.2. The number of hydrogen-bond donors (Lipinski definition) is 3. The zero-order valence-electron chi connectivity index (χ0n) is 90.5. The summed E-state index contributed by atoms with van der Waals surface area (Å²) >= 11 is 0. The van der Waals surface area contributed by atoms with Crippen LogP contribution in [0.25, 0.3) is 0 Å². The van der Waals surface area contributed by atoms with Crippen LogP contribution in [0.4, 0.5) is 24.0 Å². The third-order valence-electron chi connectivity index (χ3n) is 16.5. The highest BCUT2D eigenvalue weighted by molar-refractivity contribution is 7.77. The van der Waals surface area contributed by atoms with E-state index in [1.54, 1.807) is 239 Å². The summed E-state index contributed by atoms with van der Waals surface area (Å²) in [6, 6.07) is -4.91. The summed E-state index contributed by atoms with van der Waals surface area (Å²) in [4.78, 5) is 158. The number of likely N-dealkylation sites (tertiary alicyclic amines) is 5. The Labute approximate surface area is 888 Å². The maximum Gasteiger partial charge on any atom is 0.411 e. The largest absolute Gasteiger partial charge is 0.458 e. The zero-order valence-corrected chi connectivity index (χ0v) is 90.5. The molecule has 5 saturated heterocycles. The topological polar surface area (TPSA) is 377 Å². The summed E-state index contributed by atoms with van der Waals surface area (Å²) in [5.74, 6) is -3.19. The van der Waals surface area contributed by atoms with Gasteiger partial charge in [-0.25, -0.2) is 47.9 Å². The van der Waals surface area contributed by atoms with Crippen molar-refractivity contribution in [3.8, 4) is 0 Å². The predicted molar refractivity (Wildman–Crippen MR) is 618 cm³/mol. The van der Waals surface area contributed by atoms with E-state index < -0.39 is 178 Å². The number of carbonyl (C=O) groups is 12. The molecule has 5 fully saturated rings. The first kappa shape index (κ1) is 143. The van der Waals surface area contributed by atoms with Crippen LogP contribution < -0.4 is 0 Å². The van der Waals surface area contributed by atoms with E-state index in [4.69, 9.17) is 125 Å². The molecular formula is C89H170B24N6O25-6. The molecule has 5 heterocycles. The number of hydrogen-bond acceptors (Lipinski definition) is 26. The number of ketones is 2. The molecule has 0 aromatic heterocycles. The Bertz CT molecular complexity index is 3950. The highest BCUT2D eigenvalue weighted by atomic mass is 16.6. The lowest BCUT2D eigenvalue weighted by molar-refractivity contribution is -0.162. The van der Waals surface area contributed by atoms with Gasteiger partial charge in [0.25, 0.3) is 0 Å². The van der Waals surface area contributed by atoms with Crippen molar-refractivity contribution in [2.45, 2.75) is 374 Å². The number of β-amino-alcohol motifs (C(OH)–C–C–N with tert-alkyl or cyclic N) is 3. The van der Waals surface area contributed by atoms with Gasteiger partial charge in [0.1, 0.15) is 62.1 Å². The van der Waals surface area contributed by atoms with Gasteiger partial charge in [0.05, 0.1) is 51.0 Å². The summed E-state index contributed by atoms with van der Waals surface area (Å²) < 4.78 is 54.0. The van der Waals surface area contributed by atoms with E-state index >= 15 is 0 Å². The number of allylic oxidation sites excluding steroid dienone is 3. The van der Waals surface area contributed by atoms with Gasteiger partial charge in [-0.05, 0) is 302 Å². The molecule has 31 nitrogen and oxygen atoms in total. The van der Waals surface area contributed by atoms with Gasteiger partial charge < -0.3 is 67.6 Å². The minimum atomic E-state index is -1.10. The summed E-state index contributed by atoms with van der Waals surface area (Å²) in [5.41, 5.74) is -5.48. The highest BCUT2D eigenvalue weighted by Crippen LogP contribution is 2.37. The third kappa shape index (κ3) is 61.4. The van der Waals surface area contributed by atoms with Crippen LogP contribution in [0.2, 0.25) is 0 Å². The zero-order chi connectivity index (χ0) is 115. The molecule has 9 atom stereocenters. The van der Waals surface area contributed by atoms with Crippen LogP contribution in [0.1, 0.15) is 270 Å². The number of esters is 5. The number of Topliss-reactive ketones (excluding diaryl/α,β-unsaturated/α-hetero) is 2. The molecule has 55 heteroatoms. The maximum absolute atomic E-state index is 12.7. The second-order valence-corrected chi connectivity index (χ2v) is 45.0. The van der Waals surface area contributed by atoms with Crippen LogP contribution in [0.15, 0.2) is 46.7 Å². The number of aliphatic hydroxyl groups excluding tert-OH is 3. The van der Waals surface area contributed by atoms with Crippen molar-refractivity contribution in [1.82, 2.24) is 29.4 Å². The highest BCUT2D eigenvalue weighted by Gasteiger charge is 2.54. The molecule has 0 spiro atoms. The Balaban J connectivity index is -0.000000801. The second-order valence-electron chi connectivity index (χ2n) is 45.0. The Morgan fingerprint density at radius 1 is 0.340 bits per heavy atom. The van der Waals surface area contributed by atoms with Gasteiger partial charge in [0, 0.05) is 81.1 Å². The lowest BCUT2D eigenvalue weighted by Crippen LogP contribution is -2.48. The monoisotopic (exact) mass is 1990 g/mol. The molecule has 0 bridgehead atoms. The fraction of sp³-hybridized carbons (Fsp3) is 0.775. The average Bonchev–Trinajstić information content (AvgIpc) is 1.66. The second kappa shape index (κ2) is 60.9. The van der Waals surface area contributed by atoms with Crippen molar-refractivity contribution in [3.05, 3.63) is 46.7 Å². The molecule has 0 aromatic rings. The molecule has 0 aromatic carbocycles. The molecule has 0 aliphatic carbocycles. The first-order valence-corrected chi connectivity index (χ1v) is 46.0. The van der Waals surface area contributed by atoms with Gasteiger partial charge in [-0.2, -0.15) is 6.39 Å². The van der Waals surface area contributed by atoms with Crippen LogP contribution >= 0.6 is 0 Å². The summed E-state index contributed by atoms with van der Waals surface area (Å²) in [5, 5.41) is 31.1. The number of ether oxygens (including phenoxy) is 10. The Kier molecular flexibility index (Phi) is 60.7. The first-order chi connectivity index (χ1) is 64.1. The Hall–Kier alpha value is -6.76. The fourth-order valence-corrected chi connectivity index (χ4v) is 12.3. The summed E-state index contributed by atoms with van der Waals surface area (Å²) in [7, 11) is 58.4. The predicted octanol–water partition coefficient (Wildman–Crippen LogP) is -0.145. The lowest BCUT2D eigenvalue weighted by Gasteiger charge is -2.31. The van der Waals surface area contributed by atoms with Crippen LogP contribution in [0.3, 0.4) is 0 Å². The molecule has 3 N–H and O–H groups in total. The number of carbonyl (C=O) groups excluding carboxylic acids is 12. The Morgan fingerprint density at radius 2 is 0.569 bits per heavy atom. The van der Waals surface area contributed by atoms with E-state index in [-0.39, 0.29) is 106 Å². The quantitative estimate of drug-likeness (QED) is 0.0631. The van der Waals surface area contributed by atoms with Gasteiger partial charge in [-0.15, -0.1) is 37.3 Å². The molecule has 784 valence electrons. The van der Waals surface area contributed by atoms with Crippen molar-refractivity contribution < 1.29 is 120 Å². The fourth-order valence-electron chi connectivity index (χ4n) is 12.3. The van der Waals surface area contributed by atoms with Gasteiger partial charge in [0.15, 0.2) is 35.7 Å². The van der Waals surface area contributed by atoms with Gasteiger partial charge in [-0.3, -0.25) is 46.9 Å². The van der Waals surface area contributed by atoms with E-state index in [9.17, 15) is 72.9 Å². The average molecular weight is 1980 g/mol. The van der Waals surface area contributed by atoms with E-state index in [1.807, 2.05) is 67.5 Å². The molecule has 0 unspecified atom stereocenters. The van der Waals surface area contributed by atoms with Crippen molar-refractivity contribution in [2.75, 3.05) is 46.8 Å². The summed E-state index contributed by atoms with van der Waals surface area (Å²) in [6.45, 7) is 67.9. The number of rotatable bonds is 15. The number of amides is 5. The molecule has 5 amide bonds. The van der Waals surface area contributed by atoms with Crippen molar-refractivity contribution in [1.29, 1.82) is 0 Å². The van der Waals surface area contributed by atoms with Crippen molar-refractivity contribution >= 4 is 247 Å². The van der Waals surface area contributed by atoms with E-state index in [0.29, 0.717) is 61.8 Å². The minimum absolute atomic E-state index is 0.0113. The molecule has 144 heavy (non-hydrogen) atoms. The first-order valence-electron chi connectivity index (χ1n) is 46.0. The SMILES string of the molecule is CC(C)/C=C1/C(=O)CN(C(=O)OC(C)(C)C)[C@@H]1C(=O)OC(C)(C)C.CC(C)/C=C1/[C@H](O)CN(C(=O)OC(C)(C)C)[C@@H]1C(=O)OC(C)(C)C.CC(C)/C=C1\[C@@H](C(=O)OC(C)(C)C)N(C(=O)OC(C)(C)C)C[C@@H]1O.CC(C)C[C@H]1[C@@H](C(=O)OC(C)(C)C)N(C(=O)OC(C)(C)C)C[C@@H]1O.CN(C)/C=C1/C(=O)CN(C(=O)OC(C)(C)C)[C@@H]1C(=O)OC(C)(C)C.[B]B([BH3-])B([BH3-])[BH3-].[B]B([B])B([BH3-])[BH3-].[B]B([B])B([B])[BH3-].[B]B([B])B([B])[B]. The van der Waals surface area contributed by atoms with Crippen LogP contribution in [0.5, 0.6) is 0 Å². The van der Waals surface area contributed by atoms with E-state index in [2.05, 4.69) is 0 Å². The van der Waals surface area contributed by atoms with Crippen LogP contribution in [0, 0.1) is 29.6 Å². The van der Waals surface area contributed by atoms with Crippen molar-refractivity contribution in [2.24, 2.45) is 29.6 Å². The van der Waals surface area contributed by atoms with Gasteiger partial charge >= 0.3 is 60.3 Å². The van der Waals surface area contributed by atoms with Crippen LogP contribution in [-0.2, 0) is 80.9 Å². The van der Waals surface area contributed by atoms with Crippen molar-refractivity contribution in [3.63, 3.8) is 0 Å². The summed E-state index contributed by atoms with van der Waals surface area (Å²) in [6.07, 6.45) is 3.41. The van der Waals surface area contributed by atoms with E-state index in [0.717, 1.165) is 22.6 Å². The molecule has 20 radical (unpaired) electrons. The third-order valence-corrected chi connectivity index (χ3v) is 16.5. The standard InChI is InChI=1S/C18H33NO5.2C18H31NO5.C18H29NO5.C17H28N2O5.B6H9.B6H6.B6H3.B6/c4*1-11(2)9-12-13(20)10-19(16(22)24-18(6,7)8)14(12)15(21)23-17(3,4)5;1-16(2,3)23-14(21)13-11(9-18(7)8)12(20)10-19(13)15(22)24-17(4,5)6;4*1-5(2)6(3)4/h11-14,20H,9-10H2,1-8H3;2*9,11,13-14,20H,10H2,1-8H3;9,11,14H,10H2,1-8H3;9,13H,10H2,1-8H3;1-3H3;1-2H3;1H3;/q;;;;;-3;-2;-1;/b;3*12-9-;11-9-;;;;/t12-,13+,14+;13-,14+;13-,14-;14-;13-;;;;/m11000..../s1. The number of nitrogens with zero attached hydrogens (tertiary/aromatic N) is 6. The van der Waals surface area contributed by atoms with Crippen LogP contribution in [-0.4, -0.2) is 443 Å². The maximum atomic E-state index is 12.7. The molecule has 5 aliphatic heterocycles. The Morgan fingerprint density at radius 3 is 0.785 bits per heavy atom. The minimum Gasteiger partial charge on any atom is -0.458 e. The number of aliphatic hydroxyl groups is 3. The van der Waals surface area contributed by atoms with E-state index in [1.165, 1.54) is 21.1 Å². The van der Waals surface area contributed by atoms with Gasteiger partial charge in [-0.1, -0.05) is 95.5 Å². The van der Waals surface area contributed by atoms with Gasteiger partial charge in [0.2, 0.25) is 0 Å². The molecule has 5 rings (SSSR count). The molecule has 5 aliphatic rings. The smallest absolute Gasteiger partial charge is 0.411 e. The molecule has 0 saturated carbocycles. The lowest BCUT2D eigenvalue weighted by atomic mass is 8.81. The molecular weight excluding hydrogens is 1810 g/mol.